The van der Waals surface area contributed by atoms with Crippen LogP contribution in [0.4, 0.5) is 5.00 Å². The lowest BCUT2D eigenvalue weighted by Crippen LogP contribution is -2.36. The van der Waals surface area contributed by atoms with Gasteiger partial charge in [0.2, 0.25) is 0 Å². The molecule has 1 aromatic heterocycles. The van der Waals surface area contributed by atoms with Crippen molar-refractivity contribution < 1.29 is 9.53 Å². The maximum absolute atomic E-state index is 11.5. The number of anilines is 1. The van der Waals surface area contributed by atoms with Crippen molar-refractivity contribution in [3.05, 3.63) is 5.69 Å². The summed E-state index contributed by atoms with van der Waals surface area (Å²) in [7, 11) is 1.46. The van der Waals surface area contributed by atoms with Crippen LogP contribution in [0.2, 0.25) is 0 Å². The van der Waals surface area contributed by atoms with Crippen LogP contribution in [-0.4, -0.2) is 47.2 Å². The Balaban J connectivity index is 1.83. The van der Waals surface area contributed by atoms with Gasteiger partial charge in [-0.05, 0) is 32.4 Å². The van der Waals surface area contributed by atoms with Crippen LogP contribution in [0.25, 0.3) is 0 Å². The SMILES string of the molecule is CCCNc1snnc1CN1CCC(C(=O)OC)CC1. The highest BCUT2D eigenvalue weighted by molar-refractivity contribution is 7.10. The molecular weight excluding hydrogens is 276 g/mol. The van der Waals surface area contributed by atoms with Gasteiger partial charge in [-0.1, -0.05) is 11.4 Å². The molecule has 0 spiro atoms. The molecule has 2 rings (SSSR count). The third-order valence-electron chi connectivity index (χ3n) is 3.59. The second-order valence-electron chi connectivity index (χ2n) is 5.05. The number of likely N-dealkylation sites (tertiary alicyclic amines) is 1. The van der Waals surface area contributed by atoms with E-state index in [4.69, 9.17) is 4.74 Å². The number of piperidine rings is 1. The number of rotatable bonds is 6. The molecule has 0 saturated carbocycles. The maximum Gasteiger partial charge on any atom is 0.308 e. The summed E-state index contributed by atoms with van der Waals surface area (Å²) in [6.07, 6.45) is 2.81. The van der Waals surface area contributed by atoms with Gasteiger partial charge in [0.05, 0.1) is 13.0 Å². The van der Waals surface area contributed by atoms with E-state index < -0.39 is 0 Å². The van der Waals surface area contributed by atoms with Crippen LogP contribution in [0.1, 0.15) is 31.9 Å². The van der Waals surface area contributed by atoms with Gasteiger partial charge in [0.15, 0.2) is 0 Å². The van der Waals surface area contributed by atoms with Crippen molar-refractivity contribution in [2.24, 2.45) is 5.92 Å². The summed E-state index contributed by atoms with van der Waals surface area (Å²) in [5, 5.41) is 8.64. The largest absolute Gasteiger partial charge is 0.469 e. The Morgan fingerprint density at radius 2 is 2.25 bits per heavy atom. The number of hydrogen-bond donors (Lipinski definition) is 1. The van der Waals surface area contributed by atoms with Crippen LogP contribution in [0, 0.1) is 5.92 Å². The average Bonchev–Trinajstić information content (AvgIpc) is 2.92. The lowest BCUT2D eigenvalue weighted by Gasteiger charge is -2.30. The highest BCUT2D eigenvalue weighted by Gasteiger charge is 2.26. The lowest BCUT2D eigenvalue weighted by atomic mass is 9.97. The van der Waals surface area contributed by atoms with Crippen LogP contribution in [0.15, 0.2) is 0 Å². The fourth-order valence-electron chi connectivity index (χ4n) is 2.39. The molecule has 1 aliphatic rings. The first-order valence-corrected chi connectivity index (χ1v) is 7.87. The number of nitrogens with one attached hydrogen (secondary N) is 1. The molecule has 1 saturated heterocycles. The molecule has 0 aromatic carbocycles. The number of methoxy groups -OCH3 is 1. The Morgan fingerprint density at radius 3 is 2.90 bits per heavy atom. The molecule has 0 aliphatic carbocycles. The minimum Gasteiger partial charge on any atom is -0.469 e. The Kier molecular flexibility index (Phi) is 5.72. The van der Waals surface area contributed by atoms with Crippen LogP contribution < -0.4 is 5.32 Å². The van der Waals surface area contributed by atoms with Crippen LogP contribution >= 0.6 is 11.5 Å². The zero-order chi connectivity index (χ0) is 14.4. The van der Waals surface area contributed by atoms with Gasteiger partial charge in [0.25, 0.3) is 0 Å². The Bertz CT molecular complexity index is 430. The van der Waals surface area contributed by atoms with Crippen LogP contribution in [0.3, 0.4) is 0 Å². The number of carbonyl (C=O) groups is 1. The predicted octanol–water partition coefficient (Wildman–Crippen LogP) is 1.74. The van der Waals surface area contributed by atoms with Gasteiger partial charge >= 0.3 is 5.97 Å². The molecule has 2 heterocycles. The summed E-state index contributed by atoms with van der Waals surface area (Å²) in [5.41, 5.74) is 1.01. The highest BCUT2D eigenvalue weighted by atomic mass is 32.1. The van der Waals surface area contributed by atoms with E-state index in [1.54, 1.807) is 0 Å². The van der Waals surface area contributed by atoms with Crippen molar-refractivity contribution >= 4 is 22.5 Å². The standard InChI is InChI=1S/C13H22N4O2S/c1-3-6-14-12-11(15-16-20-12)9-17-7-4-10(5-8-17)13(18)19-2/h10,14H,3-9H2,1-2H3. The first-order chi connectivity index (χ1) is 9.74. The molecule has 0 amide bonds. The lowest BCUT2D eigenvalue weighted by molar-refractivity contribution is -0.147. The molecule has 0 bridgehead atoms. The van der Waals surface area contributed by atoms with Crippen molar-refractivity contribution in [3.63, 3.8) is 0 Å². The van der Waals surface area contributed by atoms with E-state index >= 15 is 0 Å². The molecule has 1 N–H and O–H groups in total. The molecule has 0 atom stereocenters. The number of carbonyl (C=O) groups excluding carboxylic acids is 1. The van der Waals surface area contributed by atoms with E-state index in [2.05, 4.69) is 26.7 Å². The Labute approximate surface area is 123 Å². The van der Waals surface area contributed by atoms with Crippen molar-refractivity contribution in [1.29, 1.82) is 0 Å². The van der Waals surface area contributed by atoms with E-state index in [-0.39, 0.29) is 11.9 Å². The van der Waals surface area contributed by atoms with Crippen molar-refractivity contribution in [2.75, 3.05) is 32.1 Å². The molecule has 20 heavy (non-hydrogen) atoms. The van der Waals surface area contributed by atoms with Gasteiger partial charge in [-0.25, -0.2) is 0 Å². The molecular formula is C13H22N4O2S. The minimum absolute atomic E-state index is 0.0579. The van der Waals surface area contributed by atoms with Crippen LogP contribution in [-0.2, 0) is 16.1 Å². The summed E-state index contributed by atoms with van der Waals surface area (Å²) in [6.45, 7) is 5.70. The Hall–Kier alpha value is -1.21. The zero-order valence-electron chi connectivity index (χ0n) is 12.1. The predicted molar refractivity (Wildman–Crippen MR) is 78.7 cm³/mol. The molecule has 1 fully saturated rings. The molecule has 1 aliphatic heterocycles. The van der Waals surface area contributed by atoms with Gasteiger partial charge in [-0.15, -0.1) is 5.10 Å². The number of hydrogen-bond acceptors (Lipinski definition) is 7. The van der Waals surface area contributed by atoms with Crippen molar-refractivity contribution in [3.8, 4) is 0 Å². The first-order valence-electron chi connectivity index (χ1n) is 7.09. The van der Waals surface area contributed by atoms with Crippen LogP contribution in [0.5, 0.6) is 0 Å². The highest BCUT2D eigenvalue weighted by Crippen LogP contribution is 2.23. The van der Waals surface area contributed by atoms with E-state index in [0.29, 0.717) is 0 Å². The molecule has 0 radical (unpaired) electrons. The number of esters is 1. The summed E-state index contributed by atoms with van der Waals surface area (Å²) in [4.78, 5) is 13.8. The van der Waals surface area contributed by atoms with Gasteiger partial charge in [0, 0.05) is 24.6 Å². The topological polar surface area (TPSA) is 67.4 Å². The fraction of sp³-hybridized carbons (Fsp3) is 0.769. The van der Waals surface area contributed by atoms with Crippen molar-refractivity contribution in [2.45, 2.75) is 32.7 Å². The third kappa shape index (κ3) is 3.89. The molecule has 0 unspecified atom stereocenters. The summed E-state index contributed by atoms with van der Waals surface area (Å²) < 4.78 is 8.83. The summed E-state index contributed by atoms with van der Waals surface area (Å²) in [5.74, 6) is -0.0206. The first kappa shape index (κ1) is 15.2. The van der Waals surface area contributed by atoms with Gasteiger partial charge in [0.1, 0.15) is 10.7 Å². The van der Waals surface area contributed by atoms with Gasteiger partial charge in [-0.3, -0.25) is 9.69 Å². The number of aromatic nitrogens is 2. The fourth-order valence-corrected chi connectivity index (χ4v) is 2.99. The van der Waals surface area contributed by atoms with Gasteiger partial charge < -0.3 is 10.1 Å². The quantitative estimate of drug-likeness (QED) is 0.807. The van der Waals surface area contributed by atoms with Crippen molar-refractivity contribution in [1.82, 2.24) is 14.5 Å². The molecule has 6 nitrogen and oxygen atoms in total. The monoisotopic (exact) mass is 298 g/mol. The average molecular weight is 298 g/mol. The third-order valence-corrected chi connectivity index (χ3v) is 4.31. The second-order valence-corrected chi connectivity index (χ2v) is 5.80. The normalized spacial score (nSPS) is 17.1. The minimum atomic E-state index is -0.0784. The number of nitrogens with zero attached hydrogens (tertiary/aromatic N) is 3. The zero-order valence-corrected chi connectivity index (χ0v) is 12.9. The molecule has 1 aromatic rings. The van der Waals surface area contributed by atoms with E-state index in [1.807, 2.05) is 0 Å². The summed E-state index contributed by atoms with van der Waals surface area (Å²) >= 11 is 1.41. The maximum atomic E-state index is 11.5. The Morgan fingerprint density at radius 1 is 1.50 bits per heavy atom. The number of ether oxygens (including phenoxy) is 1. The van der Waals surface area contributed by atoms with E-state index in [1.165, 1.54) is 18.6 Å². The van der Waals surface area contributed by atoms with Gasteiger partial charge in [-0.2, -0.15) is 0 Å². The van der Waals surface area contributed by atoms with E-state index in [0.717, 1.165) is 56.1 Å². The second kappa shape index (κ2) is 7.54. The summed E-state index contributed by atoms with van der Waals surface area (Å²) in [6, 6.07) is 0. The molecule has 7 heteroatoms. The smallest absolute Gasteiger partial charge is 0.308 e. The molecule has 112 valence electrons. The van der Waals surface area contributed by atoms with E-state index in [9.17, 15) is 4.79 Å².